The molecule has 10 heteroatoms. The number of nitrogens with zero attached hydrogens (tertiary/aromatic N) is 3. The molecule has 1 aliphatic rings. The molecule has 0 bridgehead atoms. The summed E-state index contributed by atoms with van der Waals surface area (Å²) >= 11 is 0. The van der Waals surface area contributed by atoms with E-state index in [0.29, 0.717) is 17.5 Å². The first-order chi connectivity index (χ1) is 12.7. The molecule has 3 rings (SSSR count). The second-order valence-corrected chi connectivity index (χ2v) is 6.14. The molecule has 2 aromatic rings. The molecule has 0 unspecified atom stereocenters. The topological polar surface area (TPSA) is 75.4 Å². The van der Waals surface area contributed by atoms with Crippen molar-refractivity contribution in [1.82, 2.24) is 14.7 Å². The first-order valence-electron chi connectivity index (χ1n) is 8.09. The van der Waals surface area contributed by atoms with Crippen LogP contribution in [0.4, 0.5) is 17.6 Å². The molecule has 1 amide bonds. The van der Waals surface area contributed by atoms with Gasteiger partial charge >= 0.3 is 12.1 Å². The fraction of sp³-hybridized carbons (Fsp3) is 0.353. The average molecular weight is 385 g/mol. The average Bonchev–Trinajstić information content (AvgIpc) is 3.00. The molecule has 1 N–H and O–H groups in total. The summed E-state index contributed by atoms with van der Waals surface area (Å²) in [5.41, 5.74) is -0.954. The van der Waals surface area contributed by atoms with Crippen molar-refractivity contribution in [3.63, 3.8) is 0 Å². The first kappa shape index (κ1) is 18.9. The molecule has 0 spiro atoms. The second-order valence-electron chi connectivity index (χ2n) is 6.14. The van der Waals surface area contributed by atoms with Crippen LogP contribution in [0.1, 0.15) is 33.7 Å². The van der Waals surface area contributed by atoms with E-state index >= 15 is 0 Å². The van der Waals surface area contributed by atoms with Crippen molar-refractivity contribution in [2.24, 2.45) is 0 Å². The van der Waals surface area contributed by atoms with E-state index in [-0.39, 0.29) is 32.5 Å². The fourth-order valence-electron chi connectivity index (χ4n) is 2.94. The van der Waals surface area contributed by atoms with Gasteiger partial charge in [-0.15, -0.1) is 0 Å². The number of halogens is 4. The molecule has 2 heterocycles. The molecule has 6 nitrogen and oxygen atoms in total. The van der Waals surface area contributed by atoms with Crippen LogP contribution in [0.25, 0.3) is 0 Å². The van der Waals surface area contributed by atoms with Crippen molar-refractivity contribution in [3.8, 4) is 0 Å². The number of carboxylic acid groups (broad SMARTS) is 1. The Balaban J connectivity index is 1.79. The van der Waals surface area contributed by atoms with Crippen LogP contribution in [0.2, 0.25) is 0 Å². The summed E-state index contributed by atoms with van der Waals surface area (Å²) in [5.74, 6) is -3.38. The zero-order valence-electron chi connectivity index (χ0n) is 14.0. The summed E-state index contributed by atoms with van der Waals surface area (Å²) in [7, 11) is 0. The van der Waals surface area contributed by atoms with Gasteiger partial charge in [0.1, 0.15) is 5.82 Å². The van der Waals surface area contributed by atoms with Crippen LogP contribution in [-0.4, -0.2) is 38.2 Å². The van der Waals surface area contributed by atoms with Crippen molar-refractivity contribution in [3.05, 3.63) is 52.6 Å². The summed E-state index contributed by atoms with van der Waals surface area (Å²) in [6.07, 6.45) is -4.75. The van der Waals surface area contributed by atoms with Gasteiger partial charge in [-0.2, -0.15) is 18.3 Å². The summed E-state index contributed by atoms with van der Waals surface area (Å²) in [4.78, 5) is 24.4. The normalized spacial score (nSPS) is 14.1. The van der Waals surface area contributed by atoms with Crippen LogP contribution in [0.15, 0.2) is 24.3 Å². The van der Waals surface area contributed by atoms with Gasteiger partial charge < -0.3 is 10.0 Å². The molecule has 0 aliphatic carbocycles. The Morgan fingerprint density at radius 2 is 1.96 bits per heavy atom. The highest BCUT2D eigenvalue weighted by atomic mass is 19.4. The number of rotatable bonds is 4. The molecule has 1 aromatic carbocycles. The van der Waals surface area contributed by atoms with Crippen molar-refractivity contribution < 1.29 is 32.3 Å². The van der Waals surface area contributed by atoms with Crippen LogP contribution in [0.3, 0.4) is 0 Å². The third kappa shape index (κ3) is 3.93. The molecule has 1 aliphatic heterocycles. The molecule has 0 saturated carbocycles. The predicted octanol–water partition coefficient (Wildman–Crippen LogP) is 2.71. The number of aryl methyl sites for hydroxylation is 1. The van der Waals surface area contributed by atoms with Crippen LogP contribution in [-0.2, 0) is 30.5 Å². The maximum atomic E-state index is 14.2. The van der Waals surface area contributed by atoms with E-state index in [1.165, 1.54) is 4.90 Å². The lowest BCUT2D eigenvalue weighted by Crippen LogP contribution is -2.39. The lowest BCUT2D eigenvalue weighted by Gasteiger charge is -2.28. The number of alkyl halides is 3. The molecule has 0 atom stereocenters. The SMILES string of the molecule is O=C(O)CCc1cc2n(n1)CCN(C(=O)c1cccc(C(F)(F)F)c1F)C2. The maximum Gasteiger partial charge on any atom is 0.419 e. The minimum absolute atomic E-state index is 0.0502. The van der Waals surface area contributed by atoms with Crippen molar-refractivity contribution >= 4 is 11.9 Å². The van der Waals surface area contributed by atoms with Gasteiger partial charge in [0.2, 0.25) is 0 Å². The molecule has 27 heavy (non-hydrogen) atoms. The number of aromatic nitrogens is 2. The lowest BCUT2D eigenvalue weighted by atomic mass is 10.1. The number of aliphatic carboxylic acids is 1. The van der Waals surface area contributed by atoms with Gasteiger partial charge in [0.15, 0.2) is 0 Å². The van der Waals surface area contributed by atoms with Crippen molar-refractivity contribution in [2.75, 3.05) is 6.54 Å². The van der Waals surface area contributed by atoms with Gasteiger partial charge in [0.25, 0.3) is 5.91 Å². The number of hydrogen-bond acceptors (Lipinski definition) is 3. The molecular formula is C17H15F4N3O3. The molecular weight excluding hydrogens is 370 g/mol. The van der Waals surface area contributed by atoms with Gasteiger partial charge in [-0.3, -0.25) is 14.3 Å². The molecule has 0 radical (unpaired) electrons. The van der Waals surface area contributed by atoms with E-state index in [1.54, 1.807) is 10.7 Å². The van der Waals surface area contributed by atoms with Crippen LogP contribution < -0.4 is 0 Å². The number of carbonyl (C=O) groups is 2. The van der Waals surface area contributed by atoms with Gasteiger partial charge in [-0.25, -0.2) is 4.39 Å². The number of benzene rings is 1. The quantitative estimate of drug-likeness (QED) is 0.822. The summed E-state index contributed by atoms with van der Waals surface area (Å²) in [5, 5.41) is 13.0. The number of carboxylic acids is 1. The number of fused-ring (bicyclic) bond motifs is 1. The van der Waals surface area contributed by atoms with E-state index in [9.17, 15) is 27.2 Å². The Bertz CT molecular complexity index is 892. The molecule has 144 valence electrons. The van der Waals surface area contributed by atoms with E-state index in [0.717, 1.165) is 12.1 Å². The first-order valence-corrected chi connectivity index (χ1v) is 8.09. The number of hydrogen-bond donors (Lipinski definition) is 1. The molecule has 0 fully saturated rings. The summed E-state index contributed by atoms with van der Waals surface area (Å²) < 4.78 is 54.4. The van der Waals surface area contributed by atoms with E-state index in [4.69, 9.17) is 5.11 Å². The Labute approximate surface area is 151 Å². The van der Waals surface area contributed by atoms with E-state index in [2.05, 4.69) is 5.10 Å². The van der Waals surface area contributed by atoms with E-state index in [1.807, 2.05) is 0 Å². The Morgan fingerprint density at radius 1 is 1.22 bits per heavy atom. The number of carbonyl (C=O) groups excluding carboxylic acids is 1. The Hall–Kier alpha value is -2.91. The van der Waals surface area contributed by atoms with Gasteiger partial charge in [-0.1, -0.05) is 6.07 Å². The lowest BCUT2D eigenvalue weighted by molar-refractivity contribution is -0.140. The Morgan fingerprint density at radius 3 is 2.63 bits per heavy atom. The highest BCUT2D eigenvalue weighted by Gasteiger charge is 2.36. The van der Waals surface area contributed by atoms with Crippen molar-refractivity contribution in [1.29, 1.82) is 0 Å². The van der Waals surface area contributed by atoms with Crippen molar-refractivity contribution in [2.45, 2.75) is 32.1 Å². The third-order valence-corrected chi connectivity index (χ3v) is 4.27. The summed E-state index contributed by atoms with van der Waals surface area (Å²) in [6.45, 7) is 0.491. The molecule has 0 saturated heterocycles. The maximum absolute atomic E-state index is 14.2. The van der Waals surface area contributed by atoms with Gasteiger partial charge in [-0.05, 0) is 18.2 Å². The smallest absolute Gasteiger partial charge is 0.419 e. The summed E-state index contributed by atoms with van der Waals surface area (Å²) in [6, 6.07) is 4.26. The van der Waals surface area contributed by atoms with Crippen LogP contribution in [0, 0.1) is 5.82 Å². The minimum Gasteiger partial charge on any atom is -0.481 e. The van der Waals surface area contributed by atoms with E-state index < -0.39 is 35.0 Å². The zero-order chi connectivity index (χ0) is 19.8. The monoisotopic (exact) mass is 385 g/mol. The Kier molecular flexibility index (Phi) is 4.90. The highest BCUT2D eigenvalue weighted by Crippen LogP contribution is 2.33. The van der Waals surface area contributed by atoms with Gasteiger partial charge in [0.05, 0.1) is 42.0 Å². The fourth-order valence-corrected chi connectivity index (χ4v) is 2.94. The van der Waals surface area contributed by atoms with Crippen LogP contribution in [0.5, 0.6) is 0 Å². The largest absolute Gasteiger partial charge is 0.481 e. The third-order valence-electron chi connectivity index (χ3n) is 4.27. The second kappa shape index (κ2) is 7.01. The highest BCUT2D eigenvalue weighted by molar-refractivity contribution is 5.94. The predicted molar refractivity (Wildman–Crippen MR) is 84.3 cm³/mol. The standard InChI is InChI=1S/C17H15F4N3O3/c18-15-12(2-1-3-13(15)17(19,20)21)16(27)23-6-7-24-11(9-23)8-10(22-24)4-5-14(25)26/h1-3,8H,4-7,9H2,(H,25,26). The van der Waals surface area contributed by atoms with Gasteiger partial charge in [0, 0.05) is 13.0 Å². The minimum atomic E-state index is -4.89. The molecule has 1 aromatic heterocycles. The zero-order valence-corrected chi connectivity index (χ0v) is 14.0. The number of amides is 1. The van der Waals surface area contributed by atoms with Crippen LogP contribution >= 0.6 is 0 Å².